The highest BCUT2D eigenvalue weighted by Gasteiger charge is 2.25. The number of nitrogens with zero attached hydrogens (tertiary/aromatic N) is 2. The van der Waals surface area contributed by atoms with Gasteiger partial charge in [-0.05, 0) is 37.5 Å². The molecule has 0 saturated carbocycles. The third kappa shape index (κ3) is 2.18. The van der Waals surface area contributed by atoms with Crippen LogP contribution in [0.15, 0.2) is 12.1 Å². The van der Waals surface area contributed by atoms with Gasteiger partial charge in [-0.15, -0.1) is 0 Å². The quantitative estimate of drug-likeness (QED) is 0.793. The number of aromatic nitrogens is 1. The fourth-order valence-corrected chi connectivity index (χ4v) is 2.31. The van der Waals surface area contributed by atoms with Crippen LogP contribution in [0.1, 0.15) is 24.1 Å². The van der Waals surface area contributed by atoms with Crippen LogP contribution in [-0.4, -0.2) is 29.3 Å². The van der Waals surface area contributed by atoms with E-state index in [9.17, 15) is 5.11 Å². The highest BCUT2D eigenvalue weighted by molar-refractivity contribution is 5.44. The number of nitrogens with two attached hydrogens (primary N) is 1. The van der Waals surface area contributed by atoms with Gasteiger partial charge in [-0.2, -0.15) is 0 Å². The largest absolute Gasteiger partial charge is 0.394 e. The Kier molecular flexibility index (Phi) is 3.41. The first-order valence-corrected chi connectivity index (χ1v) is 5.79. The Labute approximate surface area is 96.1 Å². The maximum absolute atomic E-state index is 9.30. The molecule has 2 heterocycles. The molecule has 0 bridgehead atoms. The summed E-state index contributed by atoms with van der Waals surface area (Å²) in [5.74, 6) is 0.956. The number of aliphatic hydroxyl groups excluding tert-OH is 1. The van der Waals surface area contributed by atoms with Crippen LogP contribution in [0.4, 0.5) is 5.82 Å². The Bertz CT molecular complexity index is 367. The predicted molar refractivity (Wildman–Crippen MR) is 64.3 cm³/mol. The van der Waals surface area contributed by atoms with Crippen LogP contribution in [0, 0.1) is 6.92 Å². The average molecular weight is 221 g/mol. The monoisotopic (exact) mass is 221 g/mol. The zero-order chi connectivity index (χ0) is 11.5. The molecule has 1 atom stereocenters. The van der Waals surface area contributed by atoms with Crippen LogP contribution in [0.25, 0.3) is 0 Å². The molecule has 0 aromatic carbocycles. The van der Waals surface area contributed by atoms with Gasteiger partial charge in [0.1, 0.15) is 5.82 Å². The second kappa shape index (κ2) is 4.80. The van der Waals surface area contributed by atoms with E-state index in [1.165, 1.54) is 0 Å². The summed E-state index contributed by atoms with van der Waals surface area (Å²) in [5.41, 5.74) is 7.75. The maximum Gasteiger partial charge on any atom is 0.129 e. The van der Waals surface area contributed by atoms with Gasteiger partial charge in [0.15, 0.2) is 0 Å². The molecular weight excluding hydrogens is 202 g/mol. The van der Waals surface area contributed by atoms with Crippen molar-refractivity contribution < 1.29 is 5.11 Å². The number of hydrogen-bond acceptors (Lipinski definition) is 4. The number of aliphatic hydroxyl groups is 1. The normalized spacial score (nSPS) is 20.4. The summed E-state index contributed by atoms with van der Waals surface area (Å²) in [6.07, 6.45) is 2.17. The van der Waals surface area contributed by atoms with Crippen molar-refractivity contribution >= 4 is 5.82 Å². The van der Waals surface area contributed by atoms with Crippen LogP contribution in [0.5, 0.6) is 0 Å². The van der Waals surface area contributed by atoms with Crippen LogP contribution in [0.2, 0.25) is 0 Å². The van der Waals surface area contributed by atoms with Gasteiger partial charge in [-0.1, -0.05) is 0 Å². The van der Waals surface area contributed by atoms with Crippen LogP contribution >= 0.6 is 0 Å². The lowest BCUT2D eigenvalue weighted by molar-refractivity contribution is 0.266. The summed E-state index contributed by atoms with van der Waals surface area (Å²) in [4.78, 5) is 6.71. The number of rotatable bonds is 3. The van der Waals surface area contributed by atoms with Gasteiger partial charge < -0.3 is 15.7 Å². The summed E-state index contributed by atoms with van der Waals surface area (Å²) >= 11 is 0. The topological polar surface area (TPSA) is 62.4 Å². The molecule has 4 nitrogen and oxygen atoms in total. The Hall–Kier alpha value is -1.13. The predicted octanol–water partition coefficient (Wildman–Crippen LogP) is 0.810. The number of hydrogen-bond donors (Lipinski definition) is 2. The highest BCUT2D eigenvalue weighted by Crippen LogP contribution is 2.24. The molecule has 1 aromatic heterocycles. The summed E-state index contributed by atoms with van der Waals surface area (Å²) in [6, 6.07) is 4.26. The van der Waals surface area contributed by atoms with Gasteiger partial charge >= 0.3 is 0 Å². The van der Waals surface area contributed by atoms with E-state index in [1.807, 2.05) is 19.1 Å². The minimum Gasteiger partial charge on any atom is -0.394 e. The zero-order valence-corrected chi connectivity index (χ0v) is 9.69. The van der Waals surface area contributed by atoms with E-state index >= 15 is 0 Å². The van der Waals surface area contributed by atoms with Gasteiger partial charge in [-0.25, -0.2) is 4.98 Å². The summed E-state index contributed by atoms with van der Waals surface area (Å²) in [5, 5.41) is 9.30. The molecule has 3 N–H and O–H groups in total. The first-order valence-electron chi connectivity index (χ1n) is 5.79. The van der Waals surface area contributed by atoms with Crippen molar-refractivity contribution in [3.05, 3.63) is 23.4 Å². The summed E-state index contributed by atoms with van der Waals surface area (Å²) in [7, 11) is 0. The van der Waals surface area contributed by atoms with Crippen LogP contribution in [-0.2, 0) is 6.54 Å². The maximum atomic E-state index is 9.30. The standard InChI is InChI=1S/C12H19N3O/c1-9-5-10(7-13)6-12(14-9)15-4-2-3-11(15)8-16/h5-6,11,16H,2-4,7-8,13H2,1H3. The van der Waals surface area contributed by atoms with Crippen molar-refractivity contribution in [2.75, 3.05) is 18.1 Å². The molecule has 16 heavy (non-hydrogen) atoms. The van der Waals surface area contributed by atoms with Crippen LogP contribution < -0.4 is 10.6 Å². The smallest absolute Gasteiger partial charge is 0.129 e. The van der Waals surface area contributed by atoms with Crippen molar-refractivity contribution in [3.8, 4) is 0 Å². The molecule has 4 heteroatoms. The third-order valence-corrected chi connectivity index (χ3v) is 3.12. The Morgan fingerprint density at radius 1 is 1.56 bits per heavy atom. The van der Waals surface area contributed by atoms with E-state index in [2.05, 4.69) is 9.88 Å². The molecule has 88 valence electrons. The SMILES string of the molecule is Cc1cc(CN)cc(N2CCCC2CO)n1. The van der Waals surface area contributed by atoms with Crippen LogP contribution in [0.3, 0.4) is 0 Å². The molecule has 0 radical (unpaired) electrons. The molecule has 1 unspecified atom stereocenters. The van der Waals surface area contributed by atoms with E-state index in [0.717, 1.165) is 36.5 Å². The number of anilines is 1. The molecule has 1 fully saturated rings. The first-order chi connectivity index (χ1) is 7.74. The van der Waals surface area contributed by atoms with E-state index in [-0.39, 0.29) is 12.6 Å². The minimum atomic E-state index is 0.202. The molecule has 1 aliphatic heterocycles. The van der Waals surface area contributed by atoms with Gasteiger partial charge in [0.05, 0.1) is 12.6 Å². The third-order valence-electron chi connectivity index (χ3n) is 3.12. The molecule has 0 spiro atoms. The lowest BCUT2D eigenvalue weighted by atomic mass is 10.2. The van der Waals surface area contributed by atoms with Crippen molar-refractivity contribution in [1.82, 2.24) is 4.98 Å². The van der Waals surface area contributed by atoms with E-state index in [1.54, 1.807) is 0 Å². The molecule has 1 saturated heterocycles. The van der Waals surface area contributed by atoms with Crippen molar-refractivity contribution in [1.29, 1.82) is 0 Å². The molecule has 1 aromatic rings. The lowest BCUT2D eigenvalue weighted by Crippen LogP contribution is -2.32. The zero-order valence-electron chi connectivity index (χ0n) is 9.69. The van der Waals surface area contributed by atoms with Gasteiger partial charge in [0, 0.05) is 18.8 Å². The van der Waals surface area contributed by atoms with Gasteiger partial charge in [0.2, 0.25) is 0 Å². The fraction of sp³-hybridized carbons (Fsp3) is 0.583. The van der Waals surface area contributed by atoms with E-state index in [4.69, 9.17) is 5.73 Å². The average Bonchev–Trinajstić information content (AvgIpc) is 2.76. The Morgan fingerprint density at radius 2 is 2.38 bits per heavy atom. The van der Waals surface area contributed by atoms with Crippen molar-refractivity contribution in [3.63, 3.8) is 0 Å². The molecule has 1 aliphatic rings. The fourth-order valence-electron chi connectivity index (χ4n) is 2.31. The number of aryl methyl sites for hydroxylation is 1. The molecular formula is C12H19N3O. The summed E-state index contributed by atoms with van der Waals surface area (Å²) in [6.45, 7) is 3.69. The Balaban J connectivity index is 2.28. The van der Waals surface area contributed by atoms with Gasteiger partial charge in [-0.3, -0.25) is 0 Å². The number of pyridine rings is 1. The van der Waals surface area contributed by atoms with Gasteiger partial charge in [0.25, 0.3) is 0 Å². The lowest BCUT2D eigenvalue weighted by Gasteiger charge is -2.24. The second-order valence-corrected chi connectivity index (χ2v) is 4.35. The minimum absolute atomic E-state index is 0.202. The first kappa shape index (κ1) is 11.4. The molecule has 2 rings (SSSR count). The van der Waals surface area contributed by atoms with E-state index in [0.29, 0.717) is 6.54 Å². The second-order valence-electron chi connectivity index (χ2n) is 4.35. The molecule has 0 aliphatic carbocycles. The van der Waals surface area contributed by atoms with Crippen molar-refractivity contribution in [2.45, 2.75) is 32.4 Å². The highest BCUT2D eigenvalue weighted by atomic mass is 16.3. The van der Waals surface area contributed by atoms with Crippen molar-refractivity contribution in [2.24, 2.45) is 5.73 Å². The van der Waals surface area contributed by atoms with E-state index < -0.39 is 0 Å². The Morgan fingerprint density at radius 3 is 3.06 bits per heavy atom. The summed E-state index contributed by atoms with van der Waals surface area (Å²) < 4.78 is 0. The molecule has 0 amide bonds.